The van der Waals surface area contributed by atoms with Gasteiger partial charge in [-0.1, -0.05) is 12.1 Å². The van der Waals surface area contributed by atoms with Crippen LogP contribution in [0.2, 0.25) is 0 Å². The van der Waals surface area contributed by atoms with Gasteiger partial charge in [-0.15, -0.1) is 0 Å². The summed E-state index contributed by atoms with van der Waals surface area (Å²) in [6, 6.07) is 8.97. The van der Waals surface area contributed by atoms with Crippen LogP contribution in [-0.4, -0.2) is 36.3 Å². The van der Waals surface area contributed by atoms with E-state index in [1.807, 2.05) is 0 Å². The first-order valence-corrected chi connectivity index (χ1v) is 8.70. The molecule has 2 aromatic rings. The van der Waals surface area contributed by atoms with Gasteiger partial charge in [0.2, 0.25) is 0 Å². The standard InChI is InChI=1S/C20H19F4NO4/c1-3-25(17(26)13-5-9-15(21)10-6-13)16-11-7-14(8-12-16)19(28,20(22,23)24)18(27)29-4-2/h5-12,28H,3-4H2,1-2H3/t19-/m0/s1. The van der Waals surface area contributed by atoms with Crippen LogP contribution in [0.1, 0.15) is 29.8 Å². The molecule has 1 amide bonds. The number of hydrogen-bond donors (Lipinski definition) is 1. The summed E-state index contributed by atoms with van der Waals surface area (Å²) < 4.78 is 57.7. The van der Waals surface area contributed by atoms with Crippen molar-refractivity contribution in [2.75, 3.05) is 18.1 Å². The summed E-state index contributed by atoms with van der Waals surface area (Å²) in [6.45, 7) is 2.81. The topological polar surface area (TPSA) is 66.8 Å². The second-order valence-corrected chi connectivity index (χ2v) is 6.03. The number of carbonyl (C=O) groups excluding carboxylic acids is 2. The number of aliphatic hydroxyl groups is 1. The molecule has 0 fully saturated rings. The zero-order chi connectivity index (χ0) is 21.8. The van der Waals surface area contributed by atoms with Crippen LogP contribution in [0, 0.1) is 5.82 Å². The van der Waals surface area contributed by atoms with Crippen LogP contribution in [-0.2, 0) is 15.1 Å². The van der Waals surface area contributed by atoms with Crippen LogP contribution in [0.5, 0.6) is 0 Å². The van der Waals surface area contributed by atoms with Gasteiger partial charge in [0.25, 0.3) is 11.5 Å². The highest BCUT2D eigenvalue weighted by atomic mass is 19.4. The van der Waals surface area contributed by atoms with E-state index in [0.29, 0.717) is 0 Å². The van der Waals surface area contributed by atoms with E-state index >= 15 is 0 Å². The van der Waals surface area contributed by atoms with Gasteiger partial charge < -0.3 is 14.7 Å². The van der Waals surface area contributed by atoms with E-state index in [1.165, 1.54) is 36.1 Å². The number of anilines is 1. The number of esters is 1. The molecular weight excluding hydrogens is 394 g/mol. The van der Waals surface area contributed by atoms with Gasteiger partial charge in [0.1, 0.15) is 5.82 Å². The summed E-state index contributed by atoms with van der Waals surface area (Å²) in [5.74, 6) is -2.84. The first-order valence-electron chi connectivity index (χ1n) is 8.70. The Morgan fingerprint density at radius 3 is 2.00 bits per heavy atom. The van der Waals surface area contributed by atoms with E-state index in [2.05, 4.69) is 4.74 Å². The van der Waals surface area contributed by atoms with Crippen LogP contribution in [0.3, 0.4) is 0 Å². The van der Waals surface area contributed by atoms with Gasteiger partial charge in [-0.2, -0.15) is 13.2 Å². The third kappa shape index (κ3) is 4.40. The fourth-order valence-corrected chi connectivity index (χ4v) is 2.71. The third-order valence-corrected chi connectivity index (χ3v) is 4.23. The molecule has 0 bridgehead atoms. The highest BCUT2D eigenvalue weighted by Crippen LogP contribution is 2.40. The van der Waals surface area contributed by atoms with Gasteiger partial charge in [-0.05, 0) is 50.2 Å². The maximum atomic E-state index is 13.4. The quantitative estimate of drug-likeness (QED) is 0.578. The third-order valence-electron chi connectivity index (χ3n) is 4.23. The SMILES string of the molecule is CCOC(=O)[C@@](O)(c1ccc(N(CC)C(=O)c2ccc(F)cc2)cc1)C(F)(F)F. The lowest BCUT2D eigenvalue weighted by Crippen LogP contribution is -2.50. The Balaban J connectivity index is 2.39. The summed E-state index contributed by atoms with van der Waals surface area (Å²) >= 11 is 0. The summed E-state index contributed by atoms with van der Waals surface area (Å²) in [5, 5.41) is 10.1. The van der Waals surface area contributed by atoms with Crippen LogP contribution in [0.15, 0.2) is 48.5 Å². The van der Waals surface area contributed by atoms with Crippen molar-refractivity contribution in [3.8, 4) is 0 Å². The molecule has 0 aliphatic heterocycles. The van der Waals surface area contributed by atoms with Crippen LogP contribution in [0.25, 0.3) is 0 Å². The summed E-state index contributed by atoms with van der Waals surface area (Å²) in [5.41, 5.74) is -4.15. The molecule has 0 aliphatic carbocycles. The lowest BCUT2D eigenvalue weighted by molar-refractivity contribution is -0.267. The molecule has 0 aliphatic rings. The molecular formula is C20H19F4NO4. The highest BCUT2D eigenvalue weighted by molar-refractivity contribution is 6.06. The minimum absolute atomic E-state index is 0.178. The van der Waals surface area contributed by atoms with Crippen LogP contribution in [0.4, 0.5) is 23.2 Å². The van der Waals surface area contributed by atoms with E-state index in [9.17, 15) is 32.3 Å². The molecule has 0 saturated heterocycles. The number of benzene rings is 2. The van der Waals surface area contributed by atoms with Crippen molar-refractivity contribution in [2.24, 2.45) is 0 Å². The molecule has 2 rings (SSSR count). The smallest absolute Gasteiger partial charge is 0.432 e. The van der Waals surface area contributed by atoms with Crippen molar-refractivity contribution in [2.45, 2.75) is 25.6 Å². The predicted octanol–water partition coefficient (Wildman–Crippen LogP) is 3.81. The molecule has 9 heteroatoms. The fraction of sp³-hybridized carbons (Fsp3) is 0.300. The second kappa shape index (κ2) is 8.60. The minimum atomic E-state index is -5.31. The summed E-state index contributed by atoms with van der Waals surface area (Å²) in [4.78, 5) is 25.7. The average molecular weight is 413 g/mol. The Bertz CT molecular complexity index is 866. The summed E-state index contributed by atoms with van der Waals surface area (Å²) in [6.07, 6.45) is -5.31. The van der Waals surface area contributed by atoms with Crippen molar-refractivity contribution in [1.29, 1.82) is 0 Å². The van der Waals surface area contributed by atoms with Gasteiger partial charge in [-0.3, -0.25) is 4.79 Å². The van der Waals surface area contributed by atoms with E-state index < -0.39 is 35.0 Å². The highest BCUT2D eigenvalue weighted by Gasteiger charge is 2.62. The first-order chi connectivity index (χ1) is 13.6. The molecule has 0 aromatic heterocycles. The van der Waals surface area contributed by atoms with E-state index in [0.717, 1.165) is 24.3 Å². The molecule has 1 atom stereocenters. The maximum Gasteiger partial charge on any atom is 0.432 e. The van der Waals surface area contributed by atoms with Gasteiger partial charge in [0, 0.05) is 23.4 Å². The molecule has 29 heavy (non-hydrogen) atoms. The second-order valence-electron chi connectivity index (χ2n) is 6.03. The molecule has 0 heterocycles. The number of nitrogens with zero attached hydrogens (tertiary/aromatic N) is 1. The zero-order valence-corrected chi connectivity index (χ0v) is 15.7. The van der Waals surface area contributed by atoms with Gasteiger partial charge >= 0.3 is 12.1 Å². The van der Waals surface area contributed by atoms with Crippen LogP contribution < -0.4 is 4.90 Å². The van der Waals surface area contributed by atoms with Crippen molar-refractivity contribution >= 4 is 17.6 Å². The Morgan fingerprint density at radius 2 is 1.55 bits per heavy atom. The largest absolute Gasteiger partial charge is 0.463 e. The number of ether oxygens (including phenoxy) is 1. The first kappa shape index (κ1) is 22.4. The van der Waals surface area contributed by atoms with Crippen molar-refractivity contribution < 1.29 is 37.0 Å². The maximum absolute atomic E-state index is 13.4. The Morgan fingerprint density at radius 1 is 1.00 bits per heavy atom. The monoisotopic (exact) mass is 413 g/mol. The molecule has 0 unspecified atom stereocenters. The van der Waals surface area contributed by atoms with Crippen molar-refractivity contribution in [3.05, 3.63) is 65.5 Å². The zero-order valence-electron chi connectivity index (χ0n) is 15.7. The number of hydrogen-bond acceptors (Lipinski definition) is 4. The lowest BCUT2D eigenvalue weighted by Gasteiger charge is -2.29. The molecule has 0 spiro atoms. The number of rotatable bonds is 6. The number of carbonyl (C=O) groups is 2. The molecule has 0 radical (unpaired) electrons. The van der Waals surface area contributed by atoms with E-state index in [-0.39, 0.29) is 24.4 Å². The lowest BCUT2D eigenvalue weighted by atomic mass is 9.92. The van der Waals surface area contributed by atoms with E-state index in [1.54, 1.807) is 6.92 Å². The van der Waals surface area contributed by atoms with Gasteiger partial charge in [0.05, 0.1) is 6.61 Å². The fourth-order valence-electron chi connectivity index (χ4n) is 2.71. The Hall–Kier alpha value is -2.94. The summed E-state index contributed by atoms with van der Waals surface area (Å²) in [7, 11) is 0. The van der Waals surface area contributed by atoms with Crippen molar-refractivity contribution in [1.82, 2.24) is 0 Å². The molecule has 2 aromatic carbocycles. The van der Waals surface area contributed by atoms with Crippen LogP contribution >= 0.6 is 0 Å². The predicted molar refractivity (Wildman–Crippen MR) is 96.8 cm³/mol. The normalized spacial score (nSPS) is 13.5. The Labute approximate surface area is 164 Å². The van der Waals surface area contributed by atoms with Gasteiger partial charge in [0.15, 0.2) is 0 Å². The van der Waals surface area contributed by atoms with Gasteiger partial charge in [-0.25, -0.2) is 9.18 Å². The molecule has 5 nitrogen and oxygen atoms in total. The Kier molecular flexibility index (Phi) is 6.63. The minimum Gasteiger partial charge on any atom is -0.463 e. The van der Waals surface area contributed by atoms with E-state index in [4.69, 9.17) is 0 Å². The average Bonchev–Trinajstić information content (AvgIpc) is 2.68. The molecule has 0 saturated carbocycles. The number of halogens is 4. The van der Waals surface area contributed by atoms with Crippen molar-refractivity contribution in [3.63, 3.8) is 0 Å². The molecule has 156 valence electrons. The molecule has 1 N–H and O–H groups in total. The number of amides is 1. The number of alkyl halides is 3.